The standard InChI is InChI=1S/C23H25ClN4O6S2/c1-12-17(21(30)13-3-2-4-15(24)5-13)8-20(35-12)22(31)18-9-26-11-27-23(18)28-16-6-14(19(29)7-16)10-34-36(25,32)33/h2-5,8-9,11,14,16,19,21,29-30H,6-7,10H2,1H3,(H2,25,32,33)(H,26,27,28)/t14-,16-,19+,21?/m1/s1. The summed E-state index contributed by atoms with van der Waals surface area (Å²) in [4.78, 5) is 22.8. The van der Waals surface area contributed by atoms with Gasteiger partial charge < -0.3 is 15.5 Å². The summed E-state index contributed by atoms with van der Waals surface area (Å²) in [5, 5.41) is 29.7. The van der Waals surface area contributed by atoms with Crippen molar-refractivity contribution in [2.24, 2.45) is 11.1 Å². The van der Waals surface area contributed by atoms with Crippen LogP contribution in [0.1, 0.15) is 50.2 Å². The van der Waals surface area contributed by atoms with Gasteiger partial charge in [0.05, 0.1) is 23.2 Å². The fourth-order valence-electron chi connectivity index (χ4n) is 4.25. The van der Waals surface area contributed by atoms with E-state index in [4.69, 9.17) is 16.7 Å². The first-order valence-electron chi connectivity index (χ1n) is 11.0. The molecule has 3 aromatic rings. The van der Waals surface area contributed by atoms with Crippen LogP contribution in [0.4, 0.5) is 5.82 Å². The molecule has 1 aliphatic carbocycles. The molecule has 1 aliphatic rings. The van der Waals surface area contributed by atoms with E-state index in [-0.39, 0.29) is 24.0 Å². The molecule has 4 rings (SSSR count). The van der Waals surface area contributed by atoms with Crippen molar-refractivity contribution >= 4 is 44.8 Å². The Morgan fingerprint density at radius 3 is 2.86 bits per heavy atom. The van der Waals surface area contributed by atoms with Crippen molar-refractivity contribution < 1.29 is 27.6 Å². The Bertz CT molecular complexity index is 1370. The van der Waals surface area contributed by atoms with E-state index in [0.29, 0.717) is 39.7 Å². The second-order valence-electron chi connectivity index (χ2n) is 8.61. The number of halogens is 1. The summed E-state index contributed by atoms with van der Waals surface area (Å²) < 4.78 is 26.8. The minimum atomic E-state index is -4.11. The molecule has 10 nitrogen and oxygen atoms in total. The number of hydrogen-bond acceptors (Lipinski definition) is 10. The Hall–Kier alpha value is -2.45. The molecule has 5 N–H and O–H groups in total. The lowest BCUT2D eigenvalue weighted by Crippen LogP contribution is -2.24. The molecular weight excluding hydrogens is 528 g/mol. The second-order valence-corrected chi connectivity index (χ2v) is 11.5. The fraction of sp³-hybridized carbons (Fsp3) is 0.348. The number of anilines is 1. The molecule has 0 bridgehead atoms. The molecule has 2 aromatic heterocycles. The predicted molar refractivity (Wildman–Crippen MR) is 135 cm³/mol. The molecule has 13 heteroatoms. The van der Waals surface area contributed by atoms with Gasteiger partial charge in [-0.2, -0.15) is 8.42 Å². The molecule has 0 radical (unpaired) electrons. The highest BCUT2D eigenvalue weighted by atomic mass is 35.5. The smallest absolute Gasteiger partial charge is 0.333 e. The van der Waals surface area contributed by atoms with E-state index in [1.807, 2.05) is 6.92 Å². The van der Waals surface area contributed by atoms with Gasteiger partial charge in [0.25, 0.3) is 0 Å². The number of carbonyl (C=O) groups excluding carboxylic acids is 1. The number of thiophene rings is 1. The number of ketones is 1. The van der Waals surface area contributed by atoms with E-state index in [1.54, 1.807) is 30.3 Å². The van der Waals surface area contributed by atoms with Gasteiger partial charge in [-0.3, -0.25) is 8.98 Å². The summed E-state index contributed by atoms with van der Waals surface area (Å²) in [6, 6.07) is 8.29. The van der Waals surface area contributed by atoms with Crippen LogP contribution < -0.4 is 10.5 Å². The topological polar surface area (TPSA) is 165 Å². The number of rotatable bonds is 9. The molecule has 2 heterocycles. The molecule has 1 saturated carbocycles. The van der Waals surface area contributed by atoms with Crippen molar-refractivity contribution in [2.75, 3.05) is 11.9 Å². The van der Waals surface area contributed by atoms with Crippen molar-refractivity contribution in [3.8, 4) is 0 Å². The van der Waals surface area contributed by atoms with E-state index in [9.17, 15) is 23.4 Å². The molecular formula is C23H25ClN4O6S2. The number of nitrogens with one attached hydrogen (secondary N) is 1. The number of aliphatic hydroxyl groups is 2. The molecule has 192 valence electrons. The van der Waals surface area contributed by atoms with Crippen LogP contribution in [0, 0.1) is 12.8 Å². The molecule has 0 spiro atoms. The van der Waals surface area contributed by atoms with Crippen molar-refractivity contribution in [1.82, 2.24) is 9.97 Å². The molecule has 4 atom stereocenters. The van der Waals surface area contributed by atoms with Crippen LogP contribution in [0.3, 0.4) is 0 Å². The highest BCUT2D eigenvalue weighted by molar-refractivity contribution is 7.84. The van der Waals surface area contributed by atoms with Crippen LogP contribution in [0.5, 0.6) is 0 Å². The van der Waals surface area contributed by atoms with Crippen LogP contribution >= 0.6 is 22.9 Å². The fourth-order valence-corrected chi connectivity index (χ4v) is 5.82. The summed E-state index contributed by atoms with van der Waals surface area (Å²) >= 11 is 7.31. The third kappa shape index (κ3) is 6.27. The Labute approximate surface area is 217 Å². The first-order valence-corrected chi connectivity index (χ1v) is 13.7. The number of benzene rings is 1. The van der Waals surface area contributed by atoms with E-state index in [0.717, 1.165) is 4.88 Å². The number of nitrogens with zero attached hydrogens (tertiary/aromatic N) is 2. The summed E-state index contributed by atoms with van der Waals surface area (Å²) in [6.45, 7) is 1.59. The summed E-state index contributed by atoms with van der Waals surface area (Å²) in [7, 11) is -4.11. The first kappa shape index (κ1) is 26.6. The molecule has 1 fully saturated rings. The quantitative estimate of drug-likeness (QED) is 0.292. The Kier molecular flexibility index (Phi) is 8.05. The van der Waals surface area contributed by atoms with Gasteiger partial charge in [-0.15, -0.1) is 11.3 Å². The lowest BCUT2D eigenvalue weighted by molar-refractivity contribution is 0.101. The third-order valence-corrected chi connectivity index (χ3v) is 7.81. The lowest BCUT2D eigenvalue weighted by atomic mass is 10.0. The Morgan fingerprint density at radius 1 is 1.36 bits per heavy atom. The highest BCUT2D eigenvalue weighted by Crippen LogP contribution is 2.34. The lowest BCUT2D eigenvalue weighted by Gasteiger charge is -2.15. The zero-order chi connectivity index (χ0) is 26.0. The summed E-state index contributed by atoms with van der Waals surface area (Å²) in [6.07, 6.45) is 1.67. The summed E-state index contributed by atoms with van der Waals surface area (Å²) in [5.74, 6) is -0.469. The van der Waals surface area contributed by atoms with Crippen LogP contribution in [-0.2, 0) is 14.5 Å². The van der Waals surface area contributed by atoms with Gasteiger partial charge in [-0.25, -0.2) is 15.1 Å². The van der Waals surface area contributed by atoms with E-state index in [1.165, 1.54) is 23.9 Å². The van der Waals surface area contributed by atoms with Gasteiger partial charge in [-0.1, -0.05) is 23.7 Å². The molecule has 0 aliphatic heterocycles. The van der Waals surface area contributed by atoms with Crippen LogP contribution in [-0.4, -0.2) is 53.1 Å². The zero-order valence-corrected chi connectivity index (χ0v) is 21.6. The Balaban J connectivity index is 1.51. The van der Waals surface area contributed by atoms with Gasteiger partial charge in [0.15, 0.2) is 0 Å². The van der Waals surface area contributed by atoms with Gasteiger partial charge in [-0.05, 0) is 49.1 Å². The molecule has 0 amide bonds. The van der Waals surface area contributed by atoms with Crippen LogP contribution in [0.2, 0.25) is 5.02 Å². The van der Waals surface area contributed by atoms with Crippen LogP contribution in [0.15, 0.2) is 42.9 Å². The predicted octanol–water partition coefficient (Wildman–Crippen LogP) is 2.58. The molecule has 0 saturated heterocycles. The third-order valence-electron chi connectivity index (χ3n) is 6.04. The normalized spacial score (nSPS) is 20.9. The van der Waals surface area contributed by atoms with E-state index < -0.39 is 28.4 Å². The average molecular weight is 553 g/mol. The van der Waals surface area contributed by atoms with E-state index in [2.05, 4.69) is 19.5 Å². The van der Waals surface area contributed by atoms with Gasteiger partial charge in [0.1, 0.15) is 18.2 Å². The monoisotopic (exact) mass is 552 g/mol. The number of nitrogens with two attached hydrogens (primary N) is 1. The number of aryl methyl sites for hydroxylation is 1. The maximum absolute atomic E-state index is 13.4. The SMILES string of the molecule is Cc1sc(C(=O)c2cncnc2N[C@@H]2C[C@H](COS(N)(=O)=O)[C@@H](O)C2)cc1C(O)c1cccc(Cl)c1. The minimum Gasteiger partial charge on any atom is -0.393 e. The first-order chi connectivity index (χ1) is 17.0. The van der Waals surface area contributed by atoms with Gasteiger partial charge in [0, 0.05) is 28.1 Å². The van der Waals surface area contributed by atoms with Crippen LogP contribution in [0.25, 0.3) is 0 Å². The number of aromatic nitrogens is 2. The largest absolute Gasteiger partial charge is 0.393 e. The van der Waals surface area contributed by atoms with Crippen molar-refractivity contribution in [3.05, 3.63) is 74.3 Å². The molecule has 36 heavy (non-hydrogen) atoms. The van der Waals surface area contributed by atoms with Gasteiger partial charge >= 0.3 is 10.3 Å². The van der Waals surface area contributed by atoms with Crippen molar-refractivity contribution in [2.45, 2.75) is 38.0 Å². The zero-order valence-electron chi connectivity index (χ0n) is 19.2. The molecule has 1 aromatic carbocycles. The highest BCUT2D eigenvalue weighted by Gasteiger charge is 2.35. The number of aliphatic hydroxyl groups excluding tert-OH is 2. The summed E-state index contributed by atoms with van der Waals surface area (Å²) in [5.41, 5.74) is 1.46. The number of carbonyl (C=O) groups is 1. The Morgan fingerprint density at radius 2 is 2.14 bits per heavy atom. The average Bonchev–Trinajstić information content (AvgIpc) is 3.38. The second kappa shape index (κ2) is 10.9. The van der Waals surface area contributed by atoms with Crippen molar-refractivity contribution in [1.29, 1.82) is 0 Å². The van der Waals surface area contributed by atoms with Gasteiger partial charge in [0.2, 0.25) is 5.78 Å². The minimum absolute atomic E-state index is 0.236. The van der Waals surface area contributed by atoms with Crippen molar-refractivity contribution in [3.63, 3.8) is 0 Å². The number of hydrogen-bond donors (Lipinski definition) is 4. The van der Waals surface area contributed by atoms with E-state index >= 15 is 0 Å². The maximum atomic E-state index is 13.4. The maximum Gasteiger partial charge on any atom is 0.333 e. The molecule has 1 unspecified atom stereocenters.